The van der Waals surface area contributed by atoms with Gasteiger partial charge in [-0.3, -0.25) is 4.55 Å². The smallest absolute Gasteiger partial charge is 0.261 e. The molecule has 4 atom stereocenters. The van der Waals surface area contributed by atoms with Gasteiger partial charge in [-0.05, 0) is 73.2 Å². The summed E-state index contributed by atoms with van der Waals surface area (Å²) < 4.78 is 64.0. The van der Waals surface area contributed by atoms with Gasteiger partial charge in [-0.25, -0.2) is 8.78 Å². The third-order valence-electron chi connectivity index (χ3n) is 5.56. The maximum atomic E-state index is 13.3. The molecule has 4 N–H and O–H groups in total. The minimum absolute atomic E-state index is 0.257. The van der Waals surface area contributed by atoms with E-state index in [0.29, 0.717) is 43.4 Å². The molecular weight excluding hydrogens is 472 g/mol. The molecule has 0 aromatic heterocycles. The Morgan fingerprint density at radius 3 is 1.68 bits per heavy atom. The summed E-state index contributed by atoms with van der Waals surface area (Å²) in [6.07, 6.45) is 0.929. The summed E-state index contributed by atoms with van der Waals surface area (Å²) >= 11 is 0. The topological polar surface area (TPSA) is 125 Å². The minimum atomic E-state index is -3.67. The molecule has 2 aliphatic heterocycles. The highest BCUT2D eigenvalue weighted by molar-refractivity contribution is 7.85. The van der Waals surface area contributed by atoms with Crippen molar-refractivity contribution in [2.45, 2.75) is 50.1 Å². The number of ether oxygens (including phenoxy) is 2. The lowest BCUT2D eigenvalue weighted by Gasteiger charge is -2.31. The van der Waals surface area contributed by atoms with Crippen LogP contribution in [0, 0.1) is 11.6 Å². The molecule has 8 nitrogen and oxygen atoms in total. The zero-order valence-corrected chi connectivity index (χ0v) is 19.5. The number of fused-ring (bicyclic) bond motifs is 2. The van der Waals surface area contributed by atoms with Gasteiger partial charge in [0.15, 0.2) is 0 Å². The van der Waals surface area contributed by atoms with Crippen LogP contribution in [0.15, 0.2) is 36.4 Å². The Morgan fingerprint density at radius 2 is 1.29 bits per heavy atom. The molecule has 11 heteroatoms. The number of aryl methyl sites for hydroxylation is 2. The maximum absolute atomic E-state index is 13.3. The zero-order valence-electron chi connectivity index (χ0n) is 18.7. The van der Waals surface area contributed by atoms with Crippen molar-refractivity contribution in [2.24, 2.45) is 0 Å². The predicted octanol–water partition coefficient (Wildman–Crippen LogP) is 1.87. The van der Waals surface area contributed by atoms with E-state index in [4.69, 9.17) is 14.0 Å². The number of aliphatic hydroxyl groups excluding tert-OH is 2. The van der Waals surface area contributed by atoms with E-state index in [9.17, 15) is 27.4 Å². The van der Waals surface area contributed by atoms with Crippen LogP contribution in [0.4, 0.5) is 8.78 Å². The maximum Gasteiger partial charge on any atom is 0.261 e. The highest BCUT2D eigenvalue weighted by Gasteiger charge is 2.29. The van der Waals surface area contributed by atoms with Gasteiger partial charge in [0.05, 0.1) is 6.26 Å². The lowest BCUT2D eigenvalue weighted by atomic mass is 9.98. The number of rotatable bonds is 6. The van der Waals surface area contributed by atoms with E-state index in [-0.39, 0.29) is 36.9 Å². The van der Waals surface area contributed by atoms with E-state index in [1.807, 2.05) is 0 Å². The van der Waals surface area contributed by atoms with Gasteiger partial charge in [0.1, 0.15) is 47.5 Å². The Bertz CT molecular complexity index is 1010. The molecule has 2 aromatic carbocycles. The number of aliphatic hydroxyl groups is 2. The summed E-state index contributed by atoms with van der Waals surface area (Å²) in [5, 5.41) is 23.9. The quantitative estimate of drug-likeness (QED) is 0.442. The number of benzene rings is 2. The number of hydrogen-bond donors (Lipinski definition) is 4. The standard InChI is InChI=1S/C22H25F2NO4.CH4O3S/c23-15-3-7-19-13(9-15)1-5-21(28-19)17(26)11-25-12-18(27)22-6-2-14-10-16(24)4-8-20(14)29-22;1-5(2,3)4/h3-4,7-10,17-18,21-22,25-27H,1-2,5-6,11-12H2;1H3,(H,2,3,4)/t17-,18-,21-,22+;/m0./s1. The molecule has 4 rings (SSSR count). The summed E-state index contributed by atoms with van der Waals surface area (Å²) in [7, 11) is -3.67. The fourth-order valence-electron chi connectivity index (χ4n) is 3.94. The summed E-state index contributed by atoms with van der Waals surface area (Å²) in [5.41, 5.74) is 1.62. The van der Waals surface area contributed by atoms with Crippen molar-refractivity contribution in [3.63, 3.8) is 0 Å². The lowest BCUT2D eigenvalue weighted by Crippen LogP contribution is -2.46. The van der Waals surface area contributed by atoms with Gasteiger partial charge >= 0.3 is 0 Å². The van der Waals surface area contributed by atoms with Crippen molar-refractivity contribution in [3.8, 4) is 11.5 Å². The number of hydrogen-bond acceptors (Lipinski definition) is 7. The molecule has 0 amide bonds. The average Bonchev–Trinajstić information content (AvgIpc) is 2.77. The van der Waals surface area contributed by atoms with Crippen molar-refractivity contribution in [1.82, 2.24) is 5.32 Å². The Kier molecular flexibility index (Phi) is 8.83. The van der Waals surface area contributed by atoms with Gasteiger partial charge < -0.3 is 25.0 Å². The molecule has 2 aliphatic rings. The molecule has 188 valence electrons. The summed E-state index contributed by atoms with van der Waals surface area (Å²) in [5.74, 6) is 0.624. The van der Waals surface area contributed by atoms with E-state index in [2.05, 4.69) is 5.32 Å². The summed E-state index contributed by atoms with van der Waals surface area (Å²) in [6.45, 7) is 0.513. The van der Waals surface area contributed by atoms with Gasteiger partial charge in [0.25, 0.3) is 10.1 Å². The van der Waals surface area contributed by atoms with Crippen molar-refractivity contribution in [2.75, 3.05) is 19.3 Å². The highest BCUT2D eigenvalue weighted by atomic mass is 32.2. The molecule has 0 aliphatic carbocycles. The van der Waals surface area contributed by atoms with Crippen LogP contribution in [0.3, 0.4) is 0 Å². The first-order valence-corrected chi connectivity index (χ1v) is 12.7. The van der Waals surface area contributed by atoms with E-state index in [1.54, 1.807) is 12.1 Å². The average molecular weight is 502 g/mol. The van der Waals surface area contributed by atoms with Crippen LogP contribution in [0.25, 0.3) is 0 Å². The number of nitrogens with one attached hydrogen (secondary N) is 1. The second-order valence-corrected chi connectivity index (χ2v) is 9.89. The van der Waals surface area contributed by atoms with Crippen LogP contribution < -0.4 is 14.8 Å². The van der Waals surface area contributed by atoms with Gasteiger partial charge in [-0.2, -0.15) is 8.42 Å². The normalized spacial score (nSPS) is 21.0. The molecule has 0 saturated heterocycles. The van der Waals surface area contributed by atoms with Gasteiger partial charge in [-0.15, -0.1) is 0 Å². The van der Waals surface area contributed by atoms with Crippen LogP contribution >= 0.6 is 0 Å². The Morgan fingerprint density at radius 1 is 0.912 bits per heavy atom. The molecule has 0 unspecified atom stereocenters. The molecule has 0 bridgehead atoms. The second kappa shape index (κ2) is 11.4. The van der Waals surface area contributed by atoms with Gasteiger partial charge in [0, 0.05) is 13.1 Å². The molecule has 0 radical (unpaired) electrons. The molecule has 0 saturated carbocycles. The van der Waals surface area contributed by atoms with Crippen LogP contribution in [-0.4, -0.2) is 66.9 Å². The van der Waals surface area contributed by atoms with Crippen molar-refractivity contribution in [3.05, 3.63) is 59.2 Å². The molecule has 2 heterocycles. The summed E-state index contributed by atoms with van der Waals surface area (Å²) in [4.78, 5) is 0. The first-order valence-electron chi connectivity index (χ1n) is 10.9. The monoisotopic (exact) mass is 501 g/mol. The SMILES string of the molecule is CS(=O)(=O)O.O[C@@H](CNC[C@H](O)[C@H]1CCc2cc(F)ccc2O1)[C@@H]1CCc2cc(F)ccc2O1. The first kappa shape index (κ1) is 26.3. The predicted molar refractivity (Wildman–Crippen MR) is 121 cm³/mol. The van der Waals surface area contributed by atoms with Crippen molar-refractivity contribution in [1.29, 1.82) is 0 Å². The largest absolute Gasteiger partial charge is 0.487 e. The van der Waals surface area contributed by atoms with Gasteiger partial charge in [0.2, 0.25) is 0 Å². The zero-order chi connectivity index (χ0) is 24.9. The molecule has 0 fully saturated rings. The molecule has 2 aromatic rings. The fraction of sp³-hybridized carbons (Fsp3) is 0.478. The fourth-order valence-corrected chi connectivity index (χ4v) is 3.94. The van der Waals surface area contributed by atoms with E-state index in [0.717, 1.165) is 11.1 Å². The Hall–Kier alpha value is -2.31. The van der Waals surface area contributed by atoms with Crippen LogP contribution in [0.5, 0.6) is 11.5 Å². The van der Waals surface area contributed by atoms with Crippen molar-refractivity contribution < 1.29 is 41.4 Å². The lowest BCUT2D eigenvalue weighted by molar-refractivity contribution is 0.00892. The number of halogens is 2. The molecule has 34 heavy (non-hydrogen) atoms. The Balaban J connectivity index is 0.000000588. The van der Waals surface area contributed by atoms with Crippen LogP contribution in [0.2, 0.25) is 0 Å². The van der Waals surface area contributed by atoms with E-state index < -0.39 is 22.3 Å². The van der Waals surface area contributed by atoms with E-state index in [1.165, 1.54) is 24.3 Å². The third kappa shape index (κ3) is 7.88. The summed E-state index contributed by atoms with van der Waals surface area (Å²) in [6, 6.07) is 8.79. The van der Waals surface area contributed by atoms with Crippen LogP contribution in [0.1, 0.15) is 24.0 Å². The third-order valence-corrected chi connectivity index (χ3v) is 5.56. The van der Waals surface area contributed by atoms with E-state index >= 15 is 0 Å². The minimum Gasteiger partial charge on any atom is -0.487 e. The highest BCUT2D eigenvalue weighted by Crippen LogP contribution is 2.30. The van der Waals surface area contributed by atoms with Crippen LogP contribution in [-0.2, 0) is 23.0 Å². The molecule has 0 spiro atoms. The van der Waals surface area contributed by atoms with Gasteiger partial charge in [-0.1, -0.05) is 0 Å². The van der Waals surface area contributed by atoms with Crippen molar-refractivity contribution >= 4 is 10.1 Å². The Labute approximate surface area is 197 Å². The second-order valence-electron chi connectivity index (χ2n) is 8.42. The molecular formula is C23H29F2NO7S. The first-order chi connectivity index (χ1) is 16.0.